The van der Waals surface area contributed by atoms with Gasteiger partial charge in [-0.3, -0.25) is 4.98 Å². The molecule has 4 aromatic rings. The van der Waals surface area contributed by atoms with Gasteiger partial charge in [0.2, 0.25) is 0 Å². The van der Waals surface area contributed by atoms with E-state index in [0.717, 1.165) is 46.9 Å². The summed E-state index contributed by atoms with van der Waals surface area (Å²) in [6.45, 7) is 2.70. The number of aromatic nitrogens is 6. The number of hydrogen-bond acceptors (Lipinski definition) is 7. The second-order valence-electron chi connectivity index (χ2n) is 6.75. The Bertz CT molecular complexity index is 1080. The maximum atomic E-state index is 4.78. The van der Waals surface area contributed by atoms with Gasteiger partial charge in [-0.15, -0.1) is 0 Å². The normalized spacial score (nSPS) is 12.2. The van der Waals surface area contributed by atoms with Gasteiger partial charge in [-0.05, 0) is 31.5 Å². The van der Waals surface area contributed by atoms with Crippen LogP contribution in [0, 0.1) is 6.92 Å². The molecule has 0 saturated carbocycles. The van der Waals surface area contributed by atoms with Crippen molar-refractivity contribution in [2.45, 2.75) is 18.6 Å². The maximum absolute atomic E-state index is 4.78. The molecule has 0 radical (unpaired) electrons. The van der Waals surface area contributed by atoms with Crippen molar-refractivity contribution < 1.29 is 0 Å². The molecule has 0 aliphatic carbocycles. The van der Waals surface area contributed by atoms with Crippen molar-refractivity contribution in [3.63, 3.8) is 0 Å². The van der Waals surface area contributed by atoms with E-state index in [1.165, 1.54) is 0 Å². The number of anilines is 1. The van der Waals surface area contributed by atoms with Crippen molar-refractivity contribution in [3.05, 3.63) is 66.6 Å². The zero-order valence-corrected chi connectivity index (χ0v) is 16.7. The van der Waals surface area contributed by atoms with Crippen LogP contribution in [0.3, 0.4) is 0 Å². The lowest BCUT2D eigenvalue weighted by atomic mass is 10.1. The van der Waals surface area contributed by atoms with Gasteiger partial charge in [0.15, 0.2) is 5.65 Å². The number of nitrogens with zero attached hydrogens (tertiary/aromatic N) is 7. The largest absolute Gasteiger partial charge is 0.358 e. The summed E-state index contributed by atoms with van der Waals surface area (Å²) < 4.78 is 1.78. The van der Waals surface area contributed by atoms with Crippen LogP contribution in [0.4, 0.5) is 5.82 Å². The molecule has 0 fully saturated rings. The van der Waals surface area contributed by atoms with Crippen LogP contribution in [0.1, 0.15) is 11.3 Å². The van der Waals surface area contributed by atoms with E-state index < -0.39 is 0 Å². The molecule has 0 spiro atoms. The summed E-state index contributed by atoms with van der Waals surface area (Å²) in [6, 6.07) is 7.85. The molecule has 28 heavy (non-hydrogen) atoms. The number of pyridine rings is 1. The van der Waals surface area contributed by atoms with Crippen LogP contribution in [0.2, 0.25) is 0 Å². The predicted molar refractivity (Wildman–Crippen MR) is 113 cm³/mol. The second-order valence-corrected chi connectivity index (χ2v) is 7.48. The predicted octanol–water partition coefficient (Wildman–Crippen LogP) is 2.87. The minimum absolute atomic E-state index is 0.111. The third-order valence-corrected chi connectivity index (χ3v) is 4.89. The van der Waals surface area contributed by atoms with Crippen molar-refractivity contribution in [2.75, 3.05) is 18.5 Å². The summed E-state index contributed by atoms with van der Waals surface area (Å²) in [4.78, 5) is 19.6. The van der Waals surface area contributed by atoms with Crippen LogP contribution >= 0.6 is 12.6 Å². The Kier molecular flexibility index (Phi) is 5.21. The van der Waals surface area contributed by atoms with Crippen molar-refractivity contribution in [2.24, 2.45) is 0 Å². The van der Waals surface area contributed by atoms with E-state index in [2.05, 4.69) is 29.9 Å². The smallest absolute Gasteiger partial charge is 0.158 e. The van der Waals surface area contributed by atoms with Gasteiger partial charge in [0.05, 0.1) is 11.9 Å². The Balaban J connectivity index is 1.46. The first kappa shape index (κ1) is 18.4. The Labute approximate surface area is 168 Å². The van der Waals surface area contributed by atoms with E-state index in [0.29, 0.717) is 0 Å². The monoisotopic (exact) mass is 391 g/mol. The second kappa shape index (κ2) is 7.93. The lowest BCUT2D eigenvalue weighted by molar-refractivity contribution is 0.798. The zero-order chi connectivity index (χ0) is 19.5. The average Bonchev–Trinajstić information content (AvgIpc) is 3.11. The molecule has 0 saturated heterocycles. The van der Waals surface area contributed by atoms with Crippen molar-refractivity contribution >= 4 is 24.1 Å². The molecule has 0 N–H and O–H groups in total. The SMILES string of the molecule is Cc1ccc(-c2cc(N(C)CC(S)Cc3cnn4cccnc34)ncn2)cn1. The number of hydrogen-bond donors (Lipinski definition) is 1. The summed E-state index contributed by atoms with van der Waals surface area (Å²) in [5.41, 5.74) is 4.77. The number of rotatable bonds is 6. The van der Waals surface area contributed by atoms with Crippen LogP contribution in [0.15, 0.2) is 55.4 Å². The Hall–Kier alpha value is -3.00. The van der Waals surface area contributed by atoms with Crippen LogP contribution in [-0.4, -0.2) is 48.4 Å². The molecule has 0 aromatic carbocycles. The van der Waals surface area contributed by atoms with Crippen molar-refractivity contribution in [1.82, 2.24) is 29.5 Å². The Morgan fingerprint density at radius 3 is 2.86 bits per heavy atom. The van der Waals surface area contributed by atoms with Gasteiger partial charge < -0.3 is 4.90 Å². The molecule has 7 nitrogen and oxygen atoms in total. The minimum Gasteiger partial charge on any atom is -0.358 e. The van der Waals surface area contributed by atoms with E-state index >= 15 is 0 Å². The fourth-order valence-electron chi connectivity index (χ4n) is 3.08. The number of thiol groups is 1. The highest BCUT2D eigenvalue weighted by Crippen LogP contribution is 2.21. The summed E-state index contributed by atoms with van der Waals surface area (Å²) in [5.74, 6) is 0.850. The van der Waals surface area contributed by atoms with Crippen LogP contribution in [0.5, 0.6) is 0 Å². The highest BCUT2D eigenvalue weighted by molar-refractivity contribution is 7.81. The van der Waals surface area contributed by atoms with Gasteiger partial charge >= 0.3 is 0 Å². The molecular formula is C20H21N7S. The number of aryl methyl sites for hydroxylation is 1. The first-order chi connectivity index (χ1) is 13.6. The zero-order valence-electron chi connectivity index (χ0n) is 15.8. The molecule has 0 aliphatic heterocycles. The maximum Gasteiger partial charge on any atom is 0.158 e. The van der Waals surface area contributed by atoms with Crippen molar-refractivity contribution in [3.8, 4) is 11.3 Å². The quantitative estimate of drug-likeness (QED) is 0.510. The molecular weight excluding hydrogens is 370 g/mol. The van der Waals surface area contributed by atoms with E-state index in [1.54, 1.807) is 17.0 Å². The van der Waals surface area contributed by atoms with Crippen LogP contribution < -0.4 is 4.90 Å². The van der Waals surface area contributed by atoms with E-state index in [4.69, 9.17) is 12.6 Å². The lowest BCUT2D eigenvalue weighted by Crippen LogP contribution is -2.28. The summed E-state index contributed by atoms with van der Waals surface area (Å²) in [5, 5.41) is 4.45. The lowest BCUT2D eigenvalue weighted by Gasteiger charge is -2.22. The van der Waals surface area contributed by atoms with E-state index in [1.807, 2.05) is 56.8 Å². The molecule has 8 heteroatoms. The van der Waals surface area contributed by atoms with E-state index in [9.17, 15) is 0 Å². The molecule has 142 valence electrons. The fourth-order valence-corrected chi connectivity index (χ4v) is 3.52. The van der Waals surface area contributed by atoms with Crippen LogP contribution in [-0.2, 0) is 6.42 Å². The van der Waals surface area contributed by atoms with Crippen LogP contribution in [0.25, 0.3) is 16.9 Å². The summed E-state index contributed by atoms with van der Waals surface area (Å²) >= 11 is 4.78. The van der Waals surface area contributed by atoms with Gasteiger partial charge in [-0.25, -0.2) is 19.5 Å². The van der Waals surface area contributed by atoms with Gasteiger partial charge in [-0.1, -0.05) is 0 Å². The molecule has 0 amide bonds. The van der Waals surface area contributed by atoms with Gasteiger partial charge in [-0.2, -0.15) is 17.7 Å². The first-order valence-electron chi connectivity index (χ1n) is 9.01. The standard InChI is InChI=1S/C20H21N7S/c1-14-4-5-15(10-22-14)18-9-19(24-13-23-18)26(2)12-17(28)8-16-11-25-27-7-3-6-21-20(16)27/h3-7,9-11,13,17,28H,8,12H2,1-2H3. The van der Waals surface area contributed by atoms with E-state index in [-0.39, 0.29) is 5.25 Å². The minimum atomic E-state index is 0.111. The molecule has 0 bridgehead atoms. The molecule has 4 heterocycles. The van der Waals surface area contributed by atoms with Gasteiger partial charge in [0, 0.05) is 60.3 Å². The Morgan fingerprint density at radius 2 is 2.04 bits per heavy atom. The van der Waals surface area contributed by atoms with Crippen molar-refractivity contribution in [1.29, 1.82) is 0 Å². The molecule has 1 unspecified atom stereocenters. The summed E-state index contributed by atoms with van der Waals surface area (Å²) in [6.07, 6.45) is 9.73. The van der Waals surface area contributed by atoms with Gasteiger partial charge in [0.25, 0.3) is 0 Å². The molecule has 4 rings (SSSR count). The number of fused-ring (bicyclic) bond motifs is 1. The summed E-state index contributed by atoms with van der Waals surface area (Å²) in [7, 11) is 2.01. The molecule has 0 aliphatic rings. The average molecular weight is 392 g/mol. The third kappa shape index (κ3) is 3.96. The highest BCUT2D eigenvalue weighted by atomic mass is 32.1. The molecule has 1 atom stereocenters. The topological polar surface area (TPSA) is 72.1 Å². The Morgan fingerprint density at radius 1 is 1.14 bits per heavy atom. The highest BCUT2D eigenvalue weighted by Gasteiger charge is 2.14. The molecule has 4 aromatic heterocycles. The van der Waals surface area contributed by atoms with Gasteiger partial charge in [0.1, 0.15) is 12.1 Å². The fraction of sp³-hybridized carbons (Fsp3) is 0.250. The third-order valence-electron chi connectivity index (χ3n) is 4.54. The first-order valence-corrected chi connectivity index (χ1v) is 9.53.